The predicted octanol–water partition coefficient (Wildman–Crippen LogP) is 5.56. The van der Waals surface area contributed by atoms with Crippen LogP contribution in [0.3, 0.4) is 0 Å². The summed E-state index contributed by atoms with van der Waals surface area (Å²) in [5.41, 5.74) is 1.28. The summed E-state index contributed by atoms with van der Waals surface area (Å²) in [6.07, 6.45) is 3.12. The first-order valence-corrected chi connectivity index (χ1v) is 11.3. The number of aromatic nitrogens is 1. The van der Waals surface area contributed by atoms with Gasteiger partial charge in [0, 0.05) is 22.8 Å². The van der Waals surface area contributed by atoms with Crippen molar-refractivity contribution in [2.45, 2.75) is 11.5 Å². The van der Waals surface area contributed by atoms with Gasteiger partial charge in [-0.3, -0.25) is 14.9 Å². The van der Waals surface area contributed by atoms with E-state index in [1.807, 2.05) is 30.3 Å². The number of nitrogens with zero attached hydrogens (tertiary/aromatic N) is 2. The van der Waals surface area contributed by atoms with Crippen LogP contribution in [0.2, 0.25) is 0 Å². The number of nitro groups is 1. The van der Waals surface area contributed by atoms with Crippen LogP contribution >= 0.6 is 11.8 Å². The molecule has 8 nitrogen and oxygen atoms in total. The summed E-state index contributed by atoms with van der Waals surface area (Å²) in [6.45, 7) is -0.147. The SMILES string of the molecule is CSc1ccc(C(=O)c2ccccc2C(=O)OCc2coc(-c3ccccc3)n2)cc1[N+](=O)[O-]. The van der Waals surface area contributed by atoms with Gasteiger partial charge in [-0.25, -0.2) is 9.78 Å². The summed E-state index contributed by atoms with van der Waals surface area (Å²) in [5, 5.41) is 11.4. The molecule has 4 aromatic rings. The van der Waals surface area contributed by atoms with Crippen molar-refractivity contribution in [3.8, 4) is 11.5 Å². The molecule has 1 heterocycles. The van der Waals surface area contributed by atoms with Crippen molar-refractivity contribution in [3.05, 3.63) is 112 Å². The molecule has 0 amide bonds. The van der Waals surface area contributed by atoms with Crippen molar-refractivity contribution < 1.29 is 23.7 Å². The average molecular weight is 474 g/mol. The third-order valence-corrected chi connectivity index (χ3v) is 5.74. The van der Waals surface area contributed by atoms with E-state index >= 15 is 0 Å². The van der Waals surface area contributed by atoms with E-state index in [2.05, 4.69) is 4.98 Å². The molecule has 170 valence electrons. The number of oxazole rings is 1. The Morgan fingerprint density at radius 2 is 1.74 bits per heavy atom. The lowest BCUT2D eigenvalue weighted by molar-refractivity contribution is -0.387. The Labute approximate surface area is 198 Å². The van der Waals surface area contributed by atoms with Gasteiger partial charge in [-0.2, -0.15) is 0 Å². The van der Waals surface area contributed by atoms with E-state index in [0.29, 0.717) is 16.5 Å². The van der Waals surface area contributed by atoms with E-state index in [1.54, 1.807) is 18.4 Å². The number of nitro benzene ring substituents is 1. The first kappa shape index (κ1) is 22.9. The van der Waals surface area contributed by atoms with Gasteiger partial charge in [-0.05, 0) is 36.6 Å². The third-order valence-electron chi connectivity index (χ3n) is 4.95. The largest absolute Gasteiger partial charge is 0.455 e. The summed E-state index contributed by atoms with van der Waals surface area (Å²) in [5.74, 6) is -0.836. The highest BCUT2D eigenvalue weighted by molar-refractivity contribution is 7.98. The Hall–Kier alpha value is -4.24. The van der Waals surface area contributed by atoms with Crippen LogP contribution in [-0.2, 0) is 11.3 Å². The summed E-state index contributed by atoms with van der Waals surface area (Å²) in [7, 11) is 0. The molecule has 0 aliphatic rings. The molecule has 9 heteroatoms. The topological polar surface area (TPSA) is 113 Å². The molecule has 0 radical (unpaired) electrons. The number of esters is 1. The molecule has 34 heavy (non-hydrogen) atoms. The van der Waals surface area contributed by atoms with Crippen molar-refractivity contribution >= 4 is 29.2 Å². The van der Waals surface area contributed by atoms with Crippen molar-refractivity contribution in [1.82, 2.24) is 4.98 Å². The normalized spacial score (nSPS) is 10.6. The average Bonchev–Trinajstić information content (AvgIpc) is 3.36. The Morgan fingerprint density at radius 1 is 1.03 bits per heavy atom. The molecule has 0 saturated carbocycles. The van der Waals surface area contributed by atoms with Gasteiger partial charge in [0.1, 0.15) is 18.6 Å². The smallest absolute Gasteiger partial charge is 0.339 e. The number of rotatable bonds is 8. The fourth-order valence-electron chi connectivity index (χ4n) is 3.29. The second kappa shape index (κ2) is 10.1. The van der Waals surface area contributed by atoms with Gasteiger partial charge in [-0.1, -0.05) is 36.4 Å². The minimum Gasteiger partial charge on any atom is -0.455 e. The second-order valence-corrected chi connectivity index (χ2v) is 7.95. The number of carbonyl (C=O) groups is 2. The van der Waals surface area contributed by atoms with E-state index in [-0.39, 0.29) is 29.0 Å². The Balaban J connectivity index is 1.53. The summed E-state index contributed by atoms with van der Waals surface area (Å²) in [4.78, 5) is 41.5. The van der Waals surface area contributed by atoms with Gasteiger partial charge in [0.25, 0.3) is 5.69 Å². The molecule has 0 bridgehead atoms. The van der Waals surface area contributed by atoms with Crippen LogP contribution in [0, 0.1) is 10.1 Å². The minimum atomic E-state index is -0.719. The number of thioether (sulfide) groups is 1. The third kappa shape index (κ3) is 4.89. The Bertz CT molecular complexity index is 1370. The Kier molecular flexibility index (Phi) is 6.84. The molecule has 3 aromatic carbocycles. The van der Waals surface area contributed by atoms with Crippen LogP contribution in [0.5, 0.6) is 0 Å². The number of hydrogen-bond donors (Lipinski definition) is 0. The number of ketones is 1. The van der Waals surface area contributed by atoms with Crippen LogP contribution < -0.4 is 0 Å². The number of hydrogen-bond acceptors (Lipinski definition) is 8. The van der Waals surface area contributed by atoms with Crippen LogP contribution in [0.4, 0.5) is 5.69 Å². The molecular weight excluding hydrogens is 456 g/mol. The van der Waals surface area contributed by atoms with E-state index in [9.17, 15) is 19.7 Å². The molecule has 1 aromatic heterocycles. The van der Waals surface area contributed by atoms with Gasteiger partial charge in [0.2, 0.25) is 5.89 Å². The van der Waals surface area contributed by atoms with E-state index in [0.717, 1.165) is 5.56 Å². The first-order chi connectivity index (χ1) is 16.5. The maximum Gasteiger partial charge on any atom is 0.339 e. The maximum atomic E-state index is 13.1. The van der Waals surface area contributed by atoms with Crippen LogP contribution in [-0.4, -0.2) is 27.9 Å². The molecule has 0 fully saturated rings. The molecule has 0 aliphatic carbocycles. The number of benzene rings is 3. The minimum absolute atomic E-state index is 0.0517. The van der Waals surface area contributed by atoms with Crippen molar-refractivity contribution in [1.29, 1.82) is 0 Å². The lowest BCUT2D eigenvalue weighted by atomic mass is 9.98. The van der Waals surface area contributed by atoms with Crippen LogP contribution in [0.15, 0.2) is 88.4 Å². The number of ether oxygens (including phenoxy) is 1. The zero-order chi connectivity index (χ0) is 24.1. The standard InChI is InChI=1S/C25H18N2O6S/c1-34-22-12-11-17(13-21(22)27(30)31)23(28)19-9-5-6-10-20(19)25(29)33-15-18-14-32-24(26-18)16-7-3-2-4-8-16/h2-14H,15H2,1H3. The van der Waals surface area contributed by atoms with Gasteiger partial charge in [0.15, 0.2) is 5.78 Å². The molecule has 4 rings (SSSR count). The van der Waals surface area contributed by atoms with Gasteiger partial charge < -0.3 is 9.15 Å². The zero-order valence-corrected chi connectivity index (χ0v) is 18.8. The highest BCUT2D eigenvalue weighted by atomic mass is 32.2. The van der Waals surface area contributed by atoms with Crippen molar-refractivity contribution in [3.63, 3.8) is 0 Å². The van der Waals surface area contributed by atoms with E-state index in [4.69, 9.17) is 9.15 Å². The number of carbonyl (C=O) groups excluding carboxylic acids is 2. The van der Waals surface area contributed by atoms with Crippen molar-refractivity contribution in [2.24, 2.45) is 0 Å². The first-order valence-electron chi connectivity index (χ1n) is 10.1. The fourth-order valence-corrected chi connectivity index (χ4v) is 3.84. The fraction of sp³-hybridized carbons (Fsp3) is 0.0800. The molecular formula is C25H18N2O6S. The second-order valence-electron chi connectivity index (χ2n) is 7.10. The molecule has 0 N–H and O–H groups in total. The Morgan fingerprint density at radius 3 is 2.44 bits per heavy atom. The quantitative estimate of drug-likeness (QED) is 0.107. The zero-order valence-electron chi connectivity index (χ0n) is 18.0. The molecule has 0 aliphatic heterocycles. The molecule has 0 spiro atoms. The summed E-state index contributed by atoms with van der Waals surface area (Å²) < 4.78 is 10.8. The summed E-state index contributed by atoms with van der Waals surface area (Å²) >= 11 is 1.21. The van der Waals surface area contributed by atoms with Gasteiger partial charge >= 0.3 is 5.97 Å². The van der Waals surface area contributed by atoms with E-state index in [1.165, 1.54) is 48.4 Å². The highest BCUT2D eigenvalue weighted by Crippen LogP contribution is 2.29. The maximum absolute atomic E-state index is 13.1. The molecule has 0 atom stereocenters. The van der Waals surface area contributed by atoms with Gasteiger partial charge in [0.05, 0.1) is 15.4 Å². The van der Waals surface area contributed by atoms with Crippen molar-refractivity contribution in [2.75, 3.05) is 6.26 Å². The van der Waals surface area contributed by atoms with Gasteiger partial charge in [-0.15, -0.1) is 11.8 Å². The van der Waals surface area contributed by atoms with E-state index < -0.39 is 16.7 Å². The molecule has 0 saturated heterocycles. The lowest BCUT2D eigenvalue weighted by Crippen LogP contribution is -2.13. The summed E-state index contributed by atoms with van der Waals surface area (Å²) in [6, 6.07) is 19.7. The lowest BCUT2D eigenvalue weighted by Gasteiger charge is -2.09. The van der Waals surface area contributed by atoms with Crippen LogP contribution in [0.25, 0.3) is 11.5 Å². The predicted molar refractivity (Wildman–Crippen MR) is 126 cm³/mol. The highest BCUT2D eigenvalue weighted by Gasteiger charge is 2.22. The van der Waals surface area contributed by atoms with Crippen LogP contribution in [0.1, 0.15) is 32.0 Å². The molecule has 0 unspecified atom stereocenters. The monoisotopic (exact) mass is 474 g/mol.